The average Bonchev–Trinajstić information content (AvgIpc) is 3.27. The number of unbranched alkanes of at least 4 members (excludes halogenated alkanes) is 26. The first kappa shape index (κ1) is 40.8. The van der Waals surface area contributed by atoms with Crippen LogP contribution in [0.1, 0.15) is 200 Å². The van der Waals surface area contributed by atoms with Gasteiger partial charge in [0.15, 0.2) is 5.76 Å². The molecule has 3 N–H and O–H groups in total. The van der Waals surface area contributed by atoms with Crippen LogP contribution in [0, 0.1) is 0 Å². The Balaban J connectivity index is 2.22. The number of hydrogen-bond acceptors (Lipinski definition) is 6. The fourth-order valence-electron chi connectivity index (χ4n) is 6.49. The van der Waals surface area contributed by atoms with Crippen molar-refractivity contribution in [3.63, 3.8) is 0 Å². The Hall–Kier alpha value is -1.27. The highest BCUT2D eigenvalue weighted by molar-refractivity contribution is 5.90. The first-order chi connectivity index (χ1) is 21.5. The van der Waals surface area contributed by atoms with Gasteiger partial charge in [0, 0.05) is 0 Å². The van der Waals surface area contributed by atoms with Crippen LogP contribution in [-0.4, -0.2) is 46.2 Å². The predicted octanol–water partition coefficient (Wildman–Crippen LogP) is 10.8. The maximum absolute atomic E-state index is 12.3. The highest BCUT2D eigenvalue weighted by atomic mass is 16.6. The average molecular weight is 625 g/mol. The molecule has 0 saturated carbocycles. The minimum Gasteiger partial charge on any atom is -0.499 e. The van der Waals surface area contributed by atoms with Crippen molar-refractivity contribution in [2.75, 3.05) is 13.2 Å². The summed E-state index contributed by atoms with van der Waals surface area (Å²) in [5.41, 5.74) is -1.50. The largest absolute Gasteiger partial charge is 0.499 e. The van der Waals surface area contributed by atoms with E-state index in [1.807, 2.05) is 0 Å². The molecule has 0 saturated heterocycles. The van der Waals surface area contributed by atoms with E-state index in [9.17, 15) is 20.1 Å². The topological polar surface area (TPSA) is 96.2 Å². The maximum Gasteiger partial charge on any atom is 0.378 e. The molecule has 0 radical (unpaired) electrons. The second-order valence-corrected chi connectivity index (χ2v) is 13.4. The zero-order chi connectivity index (χ0) is 32.1. The van der Waals surface area contributed by atoms with Crippen molar-refractivity contribution in [2.24, 2.45) is 0 Å². The number of carbonyl (C=O) groups excluding carboxylic acids is 1. The third-order valence-electron chi connectivity index (χ3n) is 9.42. The van der Waals surface area contributed by atoms with Gasteiger partial charge in [-0.2, -0.15) is 0 Å². The van der Waals surface area contributed by atoms with Crippen molar-refractivity contribution in [2.45, 2.75) is 212 Å². The Morgan fingerprint density at radius 2 is 0.932 bits per heavy atom. The van der Waals surface area contributed by atoms with E-state index in [1.54, 1.807) is 0 Å². The molecule has 44 heavy (non-hydrogen) atoms. The summed E-state index contributed by atoms with van der Waals surface area (Å²) < 4.78 is 11.4. The van der Waals surface area contributed by atoms with Gasteiger partial charge < -0.3 is 24.8 Å². The van der Waals surface area contributed by atoms with Gasteiger partial charge in [0.05, 0.1) is 13.2 Å². The number of hydrogen-bond donors (Lipinski definition) is 3. The van der Waals surface area contributed by atoms with Gasteiger partial charge in [-0.1, -0.05) is 181 Å². The summed E-state index contributed by atoms with van der Waals surface area (Å²) in [5.74, 6) is -1.43. The number of cyclic esters (lactones) is 1. The fourth-order valence-corrected chi connectivity index (χ4v) is 6.49. The van der Waals surface area contributed by atoms with E-state index >= 15 is 0 Å². The Labute approximate surface area is 271 Å². The second-order valence-electron chi connectivity index (χ2n) is 13.4. The molecule has 1 aliphatic rings. The summed E-state index contributed by atoms with van der Waals surface area (Å²) in [5, 5.41) is 30.9. The smallest absolute Gasteiger partial charge is 0.378 e. The highest BCUT2D eigenvalue weighted by Gasteiger charge is 2.54. The number of aliphatic hydroxyl groups is 3. The molecule has 1 rings (SSSR count). The molecule has 0 aromatic heterocycles. The van der Waals surface area contributed by atoms with E-state index < -0.39 is 30.0 Å². The first-order valence-corrected chi connectivity index (χ1v) is 19.1. The third-order valence-corrected chi connectivity index (χ3v) is 9.42. The normalized spacial score (nSPS) is 17.4. The summed E-state index contributed by atoms with van der Waals surface area (Å²) >= 11 is 0. The molecule has 0 amide bonds. The van der Waals surface area contributed by atoms with Gasteiger partial charge in [-0.3, -0.25) is 0 Å². The first-order valence-electron chi connectivity index (χ1n) is 19.1. The number of ether oxygens (including phenoxy) is 2. The van der Waals surface area contributed by atoms with Gasteiger partial charge in [0.1, 0.15) is 6.10 Å². The lowest BCUT2D eigenvalue weighted by Gasteiger charge is -2.33. The van der Waals surface area contributed by atoms with Crippen molar-refractivity contribution in [3.05, 3.63) is 11.5 Å². The van der Waals surface area contributed by atoms with Crippen molar-refractivity contribution in [3.8, 4) is 0 Å². The van der Waals surface area contributed by atoms with Crippen LogP contribution in [-0.2, 0) is 14.3 Å². The lowest BCUT2D eigenvalue weighted by atomic mass is 9.88. The van der Waals surface area contributed by atoms with Gasteiger partial charge in [0.2, 0.25) is 11.4 Å². The zero-order valence-electron chi connectivity index (χ0n) is 29.1. The van der Waals surface area contributed by atoms with Crippen LogP contribution < -0.4 is 0 Å². The van der Waals surface area contributed by atoms with Crippen LogP contribution in [0.3, 0.4) is 0 Å². The van der Waals surface area contributed by atoms with E-state index in [-0.39, 0.29) is 5.76 Å². The van der Waals surface area contributed by atoms with E-state index in [0.29, 0.717) is 13.0 Å². The van der Waals surface area contributed by atoms with Crippen LogP contribution in [0.2, 0.25) is 0 Å². The van der Waals surface area contributed by atoms with Crippen molar-refractivity contribution in [1.82, 2.24) is 0 Å². The van der Waals surface area contributed by atoms with Crippen LogP contribution in [0.15, 0.2) is 11.5 Å². The summed E-state index contributed by atoms with van der Waals surface area (Å²) in [6.45, 7) is 4.31. The Bertz CT molecular complexity index is 707. The molecule has 0 aromatic rings. The minimum absolute atomic E-state index is 0.00781. The summed E-state index contributed by atoms with van der Waals surface area (Å²) in [7, 11) is 0. The Morgan fingerprint density at radius 3 is 1.30 bits per heavy atom. The number of carbonyl (C=O) groups is 1. The molecular weight excluding hydrogens is 552 g/mol. The summed E-state index contributed by atoms with van der Waals surface area (Å²) in [6.07, 6.45) is 34.0. The molecule has 260 valence electrons. The minimum atomic E-state index is -1.50. The molecular formula is C38H72O6. The standard InChI is InChI=1S/C38H72O6/c1-3-5-7-9-11-13-15-17-19-21-23-25-27-29-31-38(34(40)33-39)36(35(41)37(42)44-38)43-32-30-28-26-24-22-20-18-16-14-12-10-8-6-4-2/h34,39-41H,3-33H2,1-2H3/t34-,38+/m0/s1. The van der Waals surface area contributed by atoms with Gasteiger partial charge in [0.25, 0.3) is 0 Å². The van der Waals surface area contributed by atoms with Crippen LogP contribution in [0.5, 0.6) is 0 Å². The van der Waals surface area contributed by atoms with Gasteiger partial charge in [-0.25, -0.2) is 4.79 Å². The molecule has 2 atom stereocenters. The molecule has 6 nitrogen and oxygen atoms in total. The molecule has 0 aromatic carbocycles. The van der Waals surface area contributed by atoms with Crippen molar-refractivity contribution in [1.29, 1.82) is 0 Å². The van der Waals surface area contributed by atoms with Gasteiger partial charge in [-0.05, 0) is 19.3 Å². The van der Waals surface area contributed by atoms with E-state index in [1.165, 1.54) is 141 Å². The van der Waals surface area contributed by atoms with Crippen LogP contribution >= 0.6 is 0 Å². The van der Waals surface area contributed by atoms with Crippen LogP contribution in [0.4, 0.5) is 0 Å². The molecule has 0 spiro atoms. The maximum atomic E-state index is 12.3. The monoisotopic (exact) mass is 625 g/mol. The number of esters is 1. The Kier molecular flexibility index (Phi) is 25.9. The van der Waals surface area contributed by atoms with Gasteiger partial charge in [-0.15, -0.1) is 0 Å². The van der Waals surface area contributed by atoms with Gasteiger partial charge >= 0.3 is 5.97 Å². The second kappa shape index (κ2) is 28.0. The zero-order valence-corrected chi connectivity index (χ0v) is 29.1. The van der Waals surface area contributed by atoms with Crippen molar-refractivity contribution >= 4 is 5.97 Å². The molecule has 0 fully saturated rings. The molecule has 0 bridgehead atoms. The molecule has 0 unspecified atom stereocenters. The fraction of sp³-hybridized carbons (Fsp3) is 0.921. The predicted molar refractivity (Wildman–Crippen MR) is 183 cm³/mol. The molecule has 0 aliphatic carbocycles. The number of rotatable bonds is 33. The molecule has 6 heteroatoms. The quantitative estimate of drug-likeness (QED) is 0.0496. The van der Waals surface area contributed by atoms with E-state index in [2.05, 4.69) is 13.8 Å². The van der Waals surface area contributed by atoms with Crippen molar-refractivity contribution < 1.29 is 29.6 Å². The molecule has 1 aliphatic heterocycles. The summed E-state index contributed by atoms with van der Waals surface area (Å²) in [4.78, 5) is 12.3. The highest BCUT2D eigenvalue weighted by Crippen LogP contribution is 2.40. The van der Waals surface area contributed by atoms with Crippen LogP contribution in [0.25, 0.3) is 0 Å². The SMILES string of the molecule is CCCCCCCCCCCCCCCCOC1=C(O)C(=O)O[C@]1(CCCCCCCCCCCCCCCC)[C@@H](O)CO. The van der Waals surface area contributed by atoms with E-state index in [0.717, 1.165) is 38.5 Å². The lowest BCUT2D eigenvalue weighted by Crippen LogP contribution is -2.47. The summed E-state index contributed by atoms with van der Waals surface area (Å²) in [6, 6.07) is 0. The third kappa shape index (κ3) is 18.0. The Morgan fingerprint density at radius 1 is 0.591 bits per heavy atom. The van der Waals surface area contributed by atoms with E-state index in [4.69, 9.17) is 9.47 Å². The number of aliphatic hydroxyl groups excluding tert-OH is 3. The molecule has 1 heterocycles. The lowest BCUT2D eigenvalue weighted by molar-refractivity contribution is -0.166.